The summed E-state index contributed by atoms with van der Waals surface area (Å²) in [6, 6.07) is 5.10. The minimum Gasteiger partial charge on any atom is -0.508 e. The number of aryl methyl sites for hydroxylation is 1. The third-order valence-corrected chi connectivity index (χ3v) is 1.91. The Morgan fingerprint density at radius 1 is 1.45 bits per heavy atom. The fourth-order valence-corrected chi connectivity index (χ4v) is 1.28. The van der Waals surface area contributed by atoms with E-state index in [9.17, 15) is 0 Å². The zero-order valence-electron chi connectivity index (χ0n) is 6.47. The highest BCUT2D eigenvalue weighted by atomic mass is 35.5. The number of aromatic hydroxyl groups is 1. The van der Waals surface area contributed by atoms with Crippen LogP contribution < -0.4 is 0 Å². The van der Waals surface area contributed by atoms with Gasteiger partial charge in [-0.15, -0.1) is 0 Å². The minimum absolute atomic E-state index is 0.231. The van der Waals surface area contributed by atoms with Gasteiger partial charge in [-0.3, -0.25) is 0 Å². The van der Waals surface area contributed by atoms with Crippen molar-refractivity contribution in [3.8, 4) is 5.75 Å². The third-order valence-electron chi connectivity index (χ3n) is 1.56. The maximum atomic E-state index is 9.02. The topological polar surface area (TPSA) is 20.2 Å². The van der Waals surface area contributed by atoms with Gasteiger partial charge in [0.1, 0.15) is 5.75 Å². The van der Waals surface area contributed by atoms with Crippen LogP contribution in [0.15, 0.2) is 18.2 Å². The van der Waals surface area contributed by atoms with Gasteiger partial charge in [0.2, 0.25) is 0 Å². The Labute approximate surface area is 71.6 Å². The molecule has 0 amide bonds. The molecule has 60 valence electrons. The van der Waals surface area contributed by atoms with Crippen molar-refractivity contribution in [3.63, 3.8) is 0 Å². The number of hydrogen-bond donors (Lipinski definition) is 1. The van der Waals surface area contributed by atoms with Crippen molar-refractivity contribution in [2.75, 3.05) is 0 Å². The van der Waals surface area contributed by atoms with Crippen molar-refractivity contribution >= 4 is 11.6 Å². The van der Waals surface area contributed by atoms with Crippen LogP contribution in [0.3, 0.4) is 0 Å². The Balaban J connectivity index is 2.90. The van der Waals surface area contributed by atoms with E-state index in [1.165, 1.54) is 0 Å². The van der Waals surface area contributed by atoms with Gasteiger partial charge in [-0.2, -0.15) is 0 Å². The summed E-state index contributed by atoms with van der Waals surface area (Å²) in [6.07, 6.45) is 2.05. The average Bonchev–Trinajstić information content (AvgIpc) is 1.95. The summed E-state index contributed by atoms with van der Waals surface area (Å²) in [5, 5.41) is 9.68. The van der Waals surface area contributed by atoms with Crippen LogP contribution in [0.25, 0.3) is 0 Å². The maximum absolute atomic E-state index is 9.02. The lowest BCUT2D eigenvalue weighted by Crippen LogP contribution is -1.83. The molecule has 0 saturated carbocycles. The predicted octanol–water partition coefficient (Wildman–Crippen LogP) is 3.00. The normalized spacial score (nSPS) is 10.0. The second kappa shape index (κ2) is 3.63. The van der Waals surface area contributed by atoms with E-state index in [1.54, 1.807) is 12.1 Å². The van der Waals surface area contributed by atoms with E-state index in [1.807, 2.05) is 6.07 Å². The van der Waals surface area contributed by atoms with Crippen LogP contribution in [0.1, 0.15) is 18.9 Å². The number of rotatable bonds is 2. The summed E-state index contributed by atoms with van der Waals surface area (Å²) in [4.78, 5) is 0. The first-order chi connectivity index (χ1) is 5.24. The third kappa shape index (κ3) is 2.12. The molecule has 0 aromatic heterocycles. The number of phenols is 1. The van der Waals surface area contributed by atoms with E-state index in [-0.39, 0.29) is 5.75 Å². The summed E-state index contributed by atoms with van der Waals surface area (Å²) in [7, 11) is 0. The Morgan fingerprint density at radius 2 is 2.18 bits per heavy atom. The molecule has 2 heteroatoms. The molecule has 0 saturated heterocycles. The van der Waals surface area contributed by atoms with E-state index in [4.69, 9.17) is 16.7 Å². The van der Waals surface area contributed by atoms with Gasteiger partial charge in [0.15, 0.2) is 0 Å². The zero-order valence-corrected chi connectivity index (χ0v) is 7.23. The lowest BCUT2D eigenvalue weighted by Gasteiger charge is -2.01. The van der Waals surface area contributed by atoms with E-state index >= 15 is 0 Å². The number of phenolic OH excluding ortho intramolecular Hbond substituents is 1. The maximum Gasteiger partial charge on any atom is 0.117 e. The molecule has 11 heavy (non-hydrogen) atoms. The molecule has 0 atom stereocenters. The Kier molecular flexibility index (Phi) is 2.77. The number of benzene rings is 1. The van der Waals surface area contributed by atoms with Crippen LogP contribution in [-0.2, 0) is 6.42 Å². The molecule has 0 radical (unpaired) electrons. The van der Waals surface area contributed by atoms with E-state index in [0.717, 1.165) is 18.4 Å². The molecule has 0 fully saturated rings. The molecule has 0 unspecified atom stereocenters. The average molecular weight is 171 g/mol. The Morgan fingerprint density at radius 3 is 2.73 bits per heavy atom. The predicted molar refractivity (Wildman–Crippen MR) is 47.1 cm³/mol. The summed E-state index contributed by atoms with van der Waals surface area (Å²) in [6.45, 7) is 2.10. The molecule has 0 aliphatic carbocycles. The molecule has 0 aliphatic rings. The standard InChI is InChI=1S/C9H11ClO/c1-2-3-7-4-5-8(11)6-9(7)10/h4-6,11H,2-3H2,1H3. The molecule has 1 nitrogen and oxygen atoms in total. The lowest BCUT2D eigenvalue weighted by atomic mass is 10.1. The van der Waals surface area contributed by atoms with E-state index in [0.29, 0.717) is 5.02 Å². The Bertz CT molecular complexity index is 245. The highest BCUT2D eigenvalue weighted by molar-refractivity contribution is 6.31. The number of hydrogen-bond acceptors (Lipinski definition) is 1. The van der Waals surface area contributed by atoms with Crippen LogP contribution >= 0.6 is 11.6 Å². The first-order valence-electron chi connectivity index (χ1n) is 3.71. The molecule has 0 aliphatic heterocycles. The monoisotopic (exact) mass is 170 g/mol. The molecular formula is C9H11ClO. The van der Waals surface area contributed by atoms with Gasteiger partial charge in [-0.05, 0) is 24.1 Å². The molecule has 0 spiro atoms. The van der Waals surface area contributed by atoms with Crippen molar-refractivity contribution in [2.45, 2.75) is 19.8 Å². The highest BCUT2D eigenvalue weighted by Crippen LogP contribution is 2.22. The highest BCUT2D eigenvalue weighted by Gasteiger charge is 1.98. The van der Waals surface area contributed by atoms with Gasteiger partial charge < -0.3 is 5.11 Å². The molecule has 1 rings (SSSR count). The summed E-state index contributed by atoms with van der Waals surface area (Å²) in [5.41, 5.74) is 1.10. The fourth-order valence-electron chi connectivity index (χ4n) is 1.01. The van der Waals surface area contributed by atoms with E-state index < -0.39 is 0 Å². The number of halogens is 1. The largest absolute Gasteiger partial charge is 0.508 e. The first kappa shape index (κ1) is 8.41. The Hall–Kier alpha value is -0.690. The molecule has 0 bridgehead atoms. The quantitative estimate of drug-likeness (QED) is 0.724. The second-order valence-electron chi connectivity index (χ2n) is 2.53. The van der Waals surface area contributed by atoms with Gasteiger partial charge in [-0.25, -0.2) is 0 Å². The van der Waals surface area contributed by atoms with Crippen LogP contribution in [0.2, 0.25) is 5.02 Å². The van der Waals surface area contributed by atoms with Crippen LogP contribution in [0.4, 0.5) is 0 Å². The molecule has 1 aromatic carbocycles. The second-order valence-corrected chi connectivity index (χ2v) is 2.93. The van der Waals surface area contributed by atoms with Crippen molar-refractivity contribution in [1.29, 1.82) is 0 Å². The molecular weight excluding hydrogens is 160 g/mol. The molecule has 1 N–H and O–H groups in total. The van der Waals surface area contributed by atoms with Gasteiger partial charge in [0, 0.05) is 5.02 Å². The van der Waals surface area contributed by atoms with Crippen LogP contribution in [0, 0.1) is 0 Å². The van der Waals surface area contributed by atoms with Gasteiger partial charge in [0.25, 0.3) is 0 Å². The summed E-state index contributed by atoms with van der Waals surface area (Å²) in [5.74, 6) is 0.231. The summed E-state index contributed by atoms with van der Waals surface area (Å²) >= 11 is 5.85. The van der Waals surface area contributed by atoms with Gasteiger partial charge in [0.05, 0.1) is 0 Å². The fraction of sp³-hybridized carbons (Fsp3) is 0.333. The van der Waals surface area contributed by atoms with Gasteiger partial charge >= 0.3 is 0 Å². The van der Waals surface area contributed by atoms with E-state index in [2.05, 4.69) is 6.92 Å². The summed E-state index contributed by atoms with van der Waals surface area (Å²) < 4.78 is 0. The van der Waals surface area contributed by atoms with Crippen LogP contribution in [-0.4, -0.2) is 5.11 Å². The van der Waals surface area contributed by atoms with Crippen molar-refractivity contribution in [3.05, 3.63) is 28.8 Å². The van der Waals surface area contributed by atoms with Crippen molar-refractivity contribution in [2.24, 2.45) is 0 Å². The smallest absolute Gasteiger partial charge is 0.117 e. The zero-order chi connectivity index (χ0) is 8.27. The van der Waals surface area contributed by atoms with Crippen LogP contribution in [0.5, 0.6) is 5.75 Å². The van der Waals surface area contributed by atoms with Crippen molar-refractivity contribution < 1.29 is 5.11 Å². The minimum atomic E-state index is 0.231. The van der Waals surface area contributed by atoms with Gasteiger partial charge in [-0.1, -0.05) is 31.0 Å². The first-order valence-corrected chi connectivity index (χ1v) is 4.09. The lowest BCUT2D eigenvalue weighted by molar-refractivity contribution is 0.475. The SMILES string of the molecule is CCCc1ccc(O)cc1Cl. The van der Waals surface area contributed by atoms with Crippen molar-refractivity contribution in [1.82, 2.24) is 0 Å². The molecule has 1 aromatic rings. The molecule has 0 heterocycles.